The van der Waals surface area contributed by atoms with Crippen LogP contribution in [-0.4, -0.2) is 38.9 Å². The summed E-state index contributed by atoms with van der Waals surface area (Å²) in [6.07, 6.45) is 2.16. The van der Waals surface area contributed by atoms with Gasteiger partial charge in [0.25, 0.3) is 11.5 Å². The average molecular weight is 486 g/mol. The van der Waals surface area contributed by atoms with Crippen molar-refractivity contribution in [3.8, 4) is 11.4 Å². The molecular weight excluding hydrogens is 458 g/mol. The molecule has 0 fully saturated rings. The molecule has 1 amide bonds. The minimum Gasteiger partial charge on any atom is -0.497 e. The summed E-state index contributed by atoms with van der Waals surface area (Å²) in [5.41, 5.74) is 2.03. The first-order valence-corrected chi connectivity index (χ1v) is 11.5. The van der Waals surface area contributed by atoms with E-state index in [-0.39, 0.29) is 18.8 Å². The van der Waals surface area contributed by atoms with Gasteiger partial charge in [-0.3, -0.25) is 19.1 Å². The monoisotopic (exact) mass is 485 g/mol. The number of methoxy groups -OCH3 is 1. The molecule has 0 radical (unpaired) electrons. The van der Waals surface area contributed by atoms with Crippen LogP contribution in [0.25, 0.3) is 5.69 Å². The number of aryl methyl sites for hydroxylation is 2. The number of aromatic nitrogens is 4. The molecule has 9 heteroatoms. The van der Waals surface area contributed by atoms with Crippen LogP contribution in [0, 0.1) is 13.8 Å². The summed E-state index contributed by atoms with van der Waals surface area (Å²) >= 11 is 0. The summed E-state index contributed by atoms with van der Waals surface area (Å²) in [6, 6.07) is 18.1. The van der Waals surface area contributed by atoms with E-state index in [1.165, 1.54) is 7.11 Å². The molecule has 0 aliphatic carbocycles. The second-order valence-electron chi connectivity index (χ2n) is 8.46. The van der Waals surface area contributed by atoms with E-state index in [0.29, 0.717) is 23.4 Å². The predicted octanol–water partition coefficient (Wildman–Crippen LogP) is 2.44. The lowest BCUT2D eigenvalue weighted by atomic mass is 10.1. The number of ether oxygens (including phenoxy) is 1. The van der Waals surface area contributed by atoms with Crippen molar-refractivity contribution >= 4 is 5.91 Å². The largest absolute Gasteiger partial charge is 0.497 e. The molecule has 9 nitrogen and oxygen atoms in total. The number of amides is 1. The Labute approximate surface area is 208 Å². The minimum absolute atomic E-state index is 0.0452. The smallest absolute Gasteiger partial charge is 0.352 e. The Morgan fingerprint density at radius 1 is 1.00 bits per heavy atom. The lowest BCUT2D eigenvalue weighted by Gasteiger charge is -2.13. The number of carbonyl (C=O) groups is 1. The van der Waals surface area contributed by atoms with Gasteiger partial charge in [-0.05, 0) is 66.9 Å². The standard InChI is InChI=1S/C27H27N5O4/c1-18-13-19(2)15-22(14-18)32-27(35)31(17-20-7-6-9-23(16-20)36-3)26(34)24(30-32)25(33)29-12-10-21-8-4-5-11-28-21/h4-9,11,13-16H,10,12,17H2,1-3H3,(H,29,33). The number of nitrogens with one attached hydrogen (secondary N) is 1. The Hall–Kier alpha value is -4.53. The van der Waals surface area contributed by atoms with Crippen molar-refractivity contribution in [1.82, 2.24) is 24.6 Å². The summed E-state index contributed by atoms with van der Waals surface area (Å²) in [6.45, 7) is 4.02. The first kappa shape index (κ1) is 24.6. The molecule has 0 aliphatic heterocycles. The molecule has 1 N–H and O–H groups in total. The van der Waals surface area contributed by atoms with E-state index >= 15 is 0 Å². The lowest BCUT2D eigenvalue weighted by molar-refractivity contribution is 0.0944. The lowest BCUT2D eigenvalue weighted by Crippen LogP contribution is -2.46. The zero-order valence-electron chi connectivity index (χ0n) is 20.4. The Morgan fingerprint density at radius 3 is 2.47 bits per heavy atom. The van der Waals surface area contributed by atoms with Gasteiger partial charge in [0, 0.05) is 24.9 Å². The van der Waals surface area contributed by atoms with Crippen LogP contribution in [0.5, 0.6) is 5.75 Å². The summed E-state index contributed by atoms with van der Waals surface area (Å²) in [4.78, 5) is 44.0. The summed E-state index contributed by atoms with van der Waals surface area (Å²) < 4.78 is 7.39. The molecule has 184 valence electrons. The van der Waals surface area contributed by atoms with Crippen LogP contribution < -0.4 is 21.3 Å². The maximum Gasteiger partial charge on any atom is 0.352 e. The third kappa shape index (κ3) is 5.57. The molecule has 0 saturated heterocycles. The minimum atomic E-state index is -0.765. The van der Waals surface area contributed by atoms with E-state index in [2.05, 4.69) is 15.4 Å². The molecule has 0 aliphatic rings. The molecule has 2 aromatic carbocycles. The van der Waals surface area contributed by atoms with Crippen LogP contribution in [-0.2, 0) is 13.0 Å². The molecule has 0 unspecified atom stereocenters. The Morgan fingerprint density at radius 2 is 1.78 bits per heavy atom. The molecule has 0 saturated carbocycles. The SMILES string of the molecule is COc1cccc(Cn2c(=O)c(C(=O)NCCc3ccccn3)nn(-c3cc(C)cc(C)c3)c2=O)c1. The molecule has 36 heavy (non-hydrogen) atoms. The van der Waals surface area contributed by atoms with Gasteiger partial charge in [0.15, 0.2) is 0 Å². The quantitative estimate of drug-likeness (QED) is 0.411. The van der Waals surface area contributed by atoms with E-state index in [1.54, 1.807) is 42.6 Å². The Bertz CT molecular complexity index is 1490. The van der Waals surface area contributed by atoms with Crippen molar-refractivity contribution in [1.29, 1.82) is 0 Å². The molecular formula is C27H27N5O4. The van der Waals surface area contributed by atoms with Crippen molar-refractivity contribution in [2.75, 3.05) is 13.7 Å². The fourth-order valence-electron chi connectivity index (χ4n) is 3.92. The highest BCUT2D eigenvalue weighted by Gasteiger charge is 2.21. The summed E-state index contributed by atoms with van der Waals surface area (Å²) in [5, 5.41) is 6.93. The van der Waals surface area contributed by atoms with E-state index < -0.39 is 17.2 Å². The topological polar surface area (TPSA) is 108 Å². The summed E-state index contributed by atoms with van der Waals surface area (Å²) in [7, 11) is 1.54. The van der Waals surface area contributed by atoms with Crippen molar-refractivity contribution in [3.05, 3.63) is 116 Å². The highest BCUT2D eigenvalue weighted by Crippen LogP contribution is 2.14. The number of hydrogen-bond donors (Lipinski definition) is 1. The molecule has 0 spiro atoms. The number of pyridine rings is 1. The third-order valence-corrected chi connectivity index (χ3v) is 5.59. The van der Waals surface area contributed by atoms with Gasteiger partial charge in [0.1, 0.15) is 5.75 Å². The number of carbonyl (C=O) groups excluding carboxylic acids is 1. The zero-order valence-corrected chi connectivity index (χ0v) is 20.4. The van der Waals surface area contributed by atoms with Crippen LogP contribution in [0.15, 0.2) is 76.4 Å². The molecule has 4 aromatic rings. The van der Waals surface area contributed by atoms with Crippen LogP contribution in [0.2, 0.25) is 0 Å². The Kier molecular flexibility index (Phi) is 7.39. The maximum absolute atomic E-state index is 13.4. The van der Waals surface area contributed by atoms with Crippen LogP contribution >= 0.6 is 0 Å². The Balaban J connectivity index is 1.75. The highest BCUT2D eigenvalue weighted by molar-refractivity contribution is 5.91. The van der Waals surface area contributed by atoms with Gasteiger partial charge in [-0.2, -0.15) is 9.78 Å². The number of rotatable bonds is 8. The van der Waals surface area contributed by atoms with Gasteiger partial charge >= 0.3 is 5.69 Å². The van der Waals surface area contributed by atoms with E-state index in [9.17, 15) is 14.4 Å². The second kappa shape index (κ2) is 10.8. The highest BCUT2D eigenvalue weighted by atomic mass is 16.5. The molecule has 2 aromatic heterocycles. The third-order valence-electron chi connectivity index (χ3n) is 5.59. The maximum atomic E-state index is 13.4. The van der Waals surface area contributed by atoms with E-state index in [0.717, 1.165) is 26.1 Å². The van der Waals surface area contributed by atoms with Crippen molar-refractivity contribution < 1.29 is 9.53 Å². The first-order valence-electron chi connectivity index (χ1n) is 11.5. The van der Waals surface area contributed by atoms with Crippen LogP contribution in [0.4, 0.5) is 0 Å². The summed E-state index contributed by atoms with van der Waals surface area (Å²) in [5.74, 6) is -0.0647. The average Bonchev–Trinajstić information content (AvgIpc) is 2.86. The fourth-order valence-corrected chi connectivity index (χ4v) is 3.92. The van der Waals surface area contributed by atoms with Crippen LogP contribution in [0.1, 0.15) is 32.9 Å². The van der Waals surface area contributed by atoms with Gasteiger partial charge in [-0.1, -0.05) is 24.3 Å². The van der Waals surface area contributed by atoms with Crippen LogP contribution in [0.3, 0.4) is 0 Å². The van der Waals surface area contributed by atoms with E-state index in [1.807, 2.05) is 38.1 Å². The number of benzene rings is 2. The molecule has 0 atom stereocenters. The van der Waals surface area contributed by atoms with Gasteiger partial charge < -0.3 is 10.1 Å². The van der Waals surface area contributed by atoms with Gasteiger partial charge in [0.05, 0.1) is 19.3 Å². The molecule has 0 bridgehead atoms. The van der Waals surface area contributed by atoms with Crippen molar-refractivity contribution in [2.24, 2.45) is 0 Å². The first-order chi connectivity index (χ1) is 17.4. The van der Waals surface area contributed by atoms with Gasteiger partial charge in [-0.15, -0.1) is 0 Å². The molecule has 4 rings (SSSR count). The van der Waals surface area contributed by atoms with Crippen molar-refractivity contribution in [2.45, 2.75) is 26.8 Å². The fraction of sp³-hybridized carbons (Fsp3) is 0.222. The van der Waals surface area contributed by atoms with Gasteiger partial charge in [0.2, 0.25) is 5.69 Å². The number of hydrogen-bond acceptors (Lipinski definition) is 6. The zero-order chi connectivity index (χ0) is 25.7. The van der Waals surface area contributed by atoms with E-state index in [4.69, 9.17) is 4.74 Å². The number of nitrogens with zero attached hydrogens (tertiary/aromatic N) is 4. The van der Waals surface area contributed by atoms with Gasteiger partial charge in [-0.25, -0.2) is 4.79 Å². The molecule has 2 heterocycles. The normalized spacial score (nSPS) is 10.8. The van der Waals surface area contributed by atoms with Crippen molar-refractivity contribution in [3.63, 3.8) is 0 Å². The predicted molar refractivity (Wildman–Crippen MR) is 136 cm³/mol. The second-order valence-corrected chi connectivity index (χ2v) is 8.46.